The molecule has 22 heavy (non-hydrogen) atoms. The Morgan fingerprint density at radius 1 is 1.59 bits per heavy atom. The fraction of sp³-hybridized carbons (Fsp3) is 0.583. The number of rotatable bonds is 5. The molecular formula is C12H18N6O4. The van der Waals surface area contributed by atoms with E-state index in [9.17, 15) is 14.9 Å². The first-order valence-electron chi connectivity index (χ1n) is 6.91. The van der Waals surface area contributed by atoms with Gasteiger partial charge in [-0.05, 0) is 18.8 Å². The van der Waals surface area contributed by atoms with Crippen molar-refractivity contribution in [1.82, 2.24) is 9.97 Å². The zero-order valence-corrected chi connectivity index (χ0v) is 12.2. The van der Waals surface area contributed by atoms with Crippen LogP contribution >= 0.6 is 0 Å². The molecule has 4 N–H and O–H groups in total. The lowest BCUT2D eigenvalue weighted by Gasteiger charge is -2.31. The van der Waals surface area contributed by atoms with E-state index in [-0.39, 0.29) is 23.3 Å². The number of anilines is 3. The summed E-state index contributed by atoms with van der Waals surface area (Å²) in [5.41, 5.74) is 5.33. The number of hydrogen-bond donors (Lipinski definition) is 3. The number of hydrogen-bond acceptors (Lipinski definition) is 8. The Labute approximate surface area is 126 Å². The number of nitrogens with zero attached hydrogens (tertiary/aromatic N) is 4. The first-order valence-corrected chi connectivity index (χ1v) is 6.91. The molecule has 1 saturated heterocycles. The molecule has 0 spiro atoms. The Balaban J connectivity index is 2.38. The summed E-state index contributed by atoms with van der Waals surface area (Å²) in [5, 5.41) is 22.4. The van der Waals surface area contributed by atoms with Crippen LogP contribution in [0, 0.1) is 16.0 Å². The molecule has 10 heteroatoms. The van der Waals surface area contributed by atoms with Crippen LogP contribution < -0.4 is 16.0 Å². The zero-order chi connectivity index (χ0) is 16.3. The maximum Gasteiger partial charge on any atom is 0.353 e. The van der Waals surface area contributed by atoms with Crippen LogP contribution in [0.2, 0.25) is 0 Å². The predicted octanol–water partition coefficient (Wildman–Crippen LogP) is 0.700. The van der Waals surface area contributed by atoms with Crippen LogP contribution in [0.1, 0.15) is 19.8 Å². The van der Waals surface area contributed by atoms with Gasteiger partial charge in [-0.1, -0.05) is 6.92 Å². The van der Waals surface area contributed by atoms with Crippen molar-refractivity contribution >= 4 is 29.2 Å². The van der Waals surface area contributed by atoms with Crippen LogP contribution in [0.25, 0.3) is 0 Å². The number of nitrogen functional groups attached to an aromatic ring is 1. The Kier molecular flexibility index (Phi) is 4.59. The van der Waals surface area contributed by atoms with Gasteiger partial charge in [0.05, 0.1) is 4.92 Å². The Hall–Kier alpha value is -2.65. The molecule has 0 aliphatic carbocycles. The van der Waals surface area contributed by atoms with Crippen LogP contribution in [-0.4, -0.2) is 45.6 Å². The van der Waals surface area contributed by atoms with Gasteiger partial charge in [-0.25, -0.2) is 0 Å². The van der Waals surface area contributed by atoms with Crippen molar-refractivity contribution in [2.24, 2.45) is 5.92 Å². The van der Waals surface area contributed by atoms with Gasteiger partial charge >= 0.3 is 11.7 Å². The summed E-state index contributed by atoms with van der Waals surface area (Å²) in [5.74, 6) is -0.870. The number of aromatic nitrogens is 2. The van der Waals surface area contributed by atoms with Crippen molar-refractivity contribution in [3.63, 3.8) is 0 Å². The largest absolute Gasteiger partial charge is 0.480 e. The van der Waals surface area contributed by atoms with Crippen molar-refractivity contribution < 1.29 is 14.8 Å². The molecule has 1 aromatic heterocycles. The Morgan fingerprint density at radius 2 is 2.32 bits per heavy atom. The molecular weight excluding hydrogens is 292 g/mol. The van der Waals surface area contributed by atoms with Crippen LogP contribution in [0.15, 0.2) is 0 Å². The molecule has 2 heterocycles. The van der Waals surface area contributed by atoms with Crippen LogP contribution in [0.4, 0.5) is 23.3 Å². The molecule has 1 aliphatic rings. The van der Waals surface area contributed by atoms with E-state index in [1.54, 1.807) is 4.90 Å². The van der Waals surface area contributed by atoms with Gasteiger partial charge in [-0.2, -0.15) is 9.97 Å². The normalized spacial score (nSPS) is 18.0. The smallest absolute Gasteiger partial charge is 0.353 e. The molecule has 1 aliphatic heterocycles. The molecule has 1 aromatic rings. The molecule has 0 saturated carbocycles. The SMILES string of the molecule is CC1CCCN(c2nc(NCC(=O)O)nc(N)c2[N+](=O)[O-])C1. The van der Waals surface area contributed by atoms with Gasteiger partial charge in [0.25, 0.3) is 0 Å². The molecule has 2 rings (SSSR count). The van der Waals surface area contributed by atoms with Crippen molar-refractivity contribution in [1.29, 1.82) is 0 Å². The molecule has 0 amide bonds. The predicted molar refractivity (Wildman–Crippen MR) is 79.8 cm³/mol. The van der Waals surface area contributed by atoms with Gasteiger partial charge in [-0.15, -0.1) is 0 Å². The van der Waals surface area contributed by atoms with E-state index in [2.05, 4.69) is 22.2 Å². The summed E-state index contributed by atoms with van der Waals surface area (Å²) in [6.07, 6.45) is 1.95. The molecule has 1 atom stereocenters. The number of carboxylic acid groups (broad SMARTS) is 1. The summed E-state index contributed by atoms with van der Waals surface area (Å²) >= 11 is 0. The third kappa shape index (κ3) is 3.51. The lowest BCUT2D eigenvalue weighted by molar-refractivity contribution is -0.383. The van der Waals surface area contributed by atoms with E-state index < -0.39 is 17.4 Å². The third-order valence-electron chi connectivity index (χ3n) is 3.43. The van der Waals surface area contributed by atoms with E-state index in [1.807, 2.05) is 0 Å². The standard InChI is InChI=1S/C12H18N6O4/c1-7-3-2-4-17(6-7)11-9(18(21)22)10(13)15-12(16-11)14-5-8(19)20/h7H,2-6H2,1H3,(H,19,20)(H3,13,14,15,16). The minimum Gasteiger partial charge on any atom is -0.480 e. The molecule has 1 fully saturated rings. The van der Waals surface area contributed by atoms with Crippen molar-refractivity contribution in [3.8, 4) is 0 Å². The highest BCUT2D eigenvalue weighted by atomic mass is 16.6. The monoisotopic (exact) mass is 310 g/mol. The minimum atomic E-state index is -1.09. The lowest BCUT2D eigenvalue weighted by atomic mass is 10.0. The molecule has 0 aromatic carbocycles. The number of nitro groups is 1. The second-order valence-corrected chi connectivity index (χ2v) is 5.30. The second-order valence-electron chi connectivity index (χ2n) is 5.30. The highest BCUT2D eigenvalue weighted by Crippen LogP contribution is 2.34. The summed E-state index contributed by atoms with van der Waals surface area (Å²) in [7, 11) is 0. The van der Waals surface area contributed by atoms with Gasteiger partial charge in [0.1, 0.15) is 6.54 Å². The first-order chi connectivity index (χ1) is 10.4. The number of piperidine rings is 1. The van der Waals surface area contributed by atoms with Crippen LogP contribution in [0.3, 0.4) is 0 Å². The van der Waals surface area contributed by atoms with Crippen LogP contribution in [0.5, 0.6) is 0 Å². The average Bonchev–Trinajstić information content (AvgIpc) is 2.44. The number of nitrogens with one attached hydrogen (secondary N) is 1. The Morgan fingerprint density at radius 3 is 2.91 bits per heavy atom. The highest BCUT2D eigenvalue weighted by Gasteiger charge is 2.29. The average molecular weight is 310 g/mol. The molecule has 10 nitrogen and oxygen atoms in total. The minimum absolute atomic E-state index is 0.0290. The second kappa shape index (κ2) is 6.41. The number of carboxylic acids is 1. The lowest BCUT2D eigenvalue weighted by Crippen LogP contribution is -2.35. The molecule has 120 valence electrons. The summed E-state index contributed by atoms with van der Waals surface area (Å²) < 4.78 is 0. The van der Waals surface area contributed by atoms with Gasteiger partial charge < -0.3 is 21.1 Å². The van der Waals surface area contributed by atoms with E-state index >= 15 is 0 Å². The quantitative estimate of drug-likeness (QED) is 0.527. The van der Waals surface area contributed by atoms with E-state index in [0.29, 0.717) is 19.0 Å². The van der Waals surface area contributed by atoms with Gasteiger partial charge in [0.15, 0.2) is 0 Å². The summed E-state index contributed by atoms with van der Waals surface area (Å²) in [6, 6.07) is 0. The summed E-state index contributed by atoms with van der Waals surface area (Å²) in [4.78, 5) is 30.9. The highest BCUT2D eigenvalue weighted by molar-refractivity contribution is 5.74. The van der Waals surface area contributed by atoms with Crippen molar-refractivity contribution in [2.75, 3.05) is 35.6 Å². The Bertz CT molecular complexity index is 593. The van der Waals surface area contributed by atoms with Gasteiger partial charge in [-0.3, -0.25) is 14.9 Å². The number of nitrogens with two attached hydrogens (primary N) is 1. The van der Waals surface area contributed by atoms with Gasteiger partial charge in [0, 0.05) is 13.1 Å². The van der Waals surface area contributed by atoms with E-state index in [0.717, 1.165) is 12.8 Å². The van der Waals surface area contributed by atoms with Crippen LogP contribution in [-0.2, 0) is 4.79 Å². The third-order valence-corrected chi connectivity index (χ3v) is 3.43. The first kappa shape index (κ1) is 15.7. The number of aliphatic carboxylic acids is 1. The fourth-order valence-corrected chi connectivity index (χ4v) is 2.47. The van der Waals surface area contributed by atoms with E-state index in [4.69, 9.17) is 10.8 Å². The fourth-order valence-electron chi connectivity index (χ4n) is 2.47. The zero-order valence-electron chi connectivity index (χ0n) is 12.2. The number of carbonyl (C=O) groups is 1. The van der Waals surface area contributed by atoms with E-state index in [1.165, 1.54) is 0 Å². The maximum absolute atomic E-state index is 11.2. The summed E-state index contributed by atoms with van der Waals surface area (Å²) in [6.45, 7) is 2.94. The molecule has 1 unspecified atom stereocenters. The molecule has 0 radical (unpaired) electrons. The molecule has 0 bridgehead atoms. The van der Waals surface area contributed by atoms with Crippen molar-refractivity contribution in [3.05, 3.63) is 10.1 Å². The topological polar surface area (TPSA) is 148 Å². The van der Waals surface area contributed by atoms with Crippen molar-refractivity contribution in [2.45, 2.75) is 19.8 Å². The van der Waals surface area contributed by atoms with Gasteiger partial charge in [0.2, 0.25) is 17.6 Å². The maximum atomic E-state index is 11.2.